The van der Waals surface area contributed by atoms with Crippen LogP contribution in [0.5, 0.6) is 0 Å². The SMILES string of the molecule is Cn1cc(-c2cc(=S)nc(Cc3cccc(F)c3)[nH]2)cn1. The Morgan fingerprint density at radius 1 is 1.33 bits per heavy atom. The number of hydrogen-bond donors (Lipinski definition) is 1. The van der Waals surface area contributed by atoms with Gasteiger partial charge in [-0.2, -0.15) is 5.10 Å². The summed E-state index contributed by atoms with van der Waals surface area (Å²) in [5.74, 6) is 0.446. The molecule has 1 aromatic carbocycles. The van der Waals surface area contributed by atoms with Gasteiger partial charge in [0.25, 0.3) is 0 Å². The van der Waals surface area contributed by atoms with E-state index < -0.39 is 0 Å². The van der Waals surface area contributed by atoms with Crippen LogP contribution in [0.25, 0.3) is 11.3 Å². The van der Waals surface area contributed by atoms with Crippen molar-refractivity contribution in [3.8, 4) is 11.3 Å². The van der Waals surface area contributed by atoms with E-state index >= 15 is 0 Å². The average molecular weight is 300 g/mol. The van der Waals surface area contributed by atoms with Gasteiger partial charge < -0.3 is 4.98 Å². The third-order valence-electron chi connectivity index (χ3n) is 3.07. The Hall–Kier alpha value is -2.34. The van der Waals surface area contributed by atoms with Gasteiger partial charge >= 0.3 is 0 Å². The van der Waals surface area contributed by atoms with Crippen molar-refractivity contribution < 1.29 is 4.39 Å². The second-order valence-electron chi connectivity index (χ2n) is 4.79. The van der Waals surface area contributed by atoms with E-state index in [0.717, 1.165) is 16.8 Å². The molecule has 1 N–H and O–H groups in total. The Kier molecular flexibility index (Phi) is 3.62. The number of aromatic nitrogens is 4. The van der Waals surface area contributed by atoms with Gasteiger partial charge in [-0.05, 0) is 23.8 Å². The second kappa shape index (κ2) is 5.57. The monoisotopic (exact) mass is 300 g/mol. The first-order valence-electron chi connectivity index (χ1n) is 6.44. The average Bonchev–Trinajstić information content (AvgIpc) is 2.85. The molecule has 0 fully saturated rings. The molecule has 0 amide bonds. The van der Waals surface area contributed by atoms with E-state index in [1.54, 1.807) is 23.0 Å². The van der Waals surface area contributed by atoms with Crippen LogP contribution in [-0.2, 0) is 13.5 Å². The molecule has 0 unspecified atom stereocenters. The molecule has 0 atom stereocenters. The minimum atomic E-state index is -0.255. The van der Waals surface area contributed by atoms with Gasteiger partial charge in [0, 0.05) is 25.2 Å². The summed E-state index contributed by atoms with van der Waals surface area (Å²) in [5, 5.41) is 4.14. The molecular formula is C15H13FN4S. The van der Waals surface area contributed by atoms with Gasteiger partial charge in [0.2, 0.25) is 0 Å². The number of halogens is 1. The van der Waals surface area contributed by atoms with Gasteiger partial charge in [-0.15, -0.1) is 0 Å². The predicted octanol–water partition coefficient (Wildman–Crippen LogP) is 3.27. The Bertz CT molecular complexity index is 837. The van der Waals surface area contributed by atoms with Crippen LogP contribution in [0.15, 0.2) is 42.7 Å². The van der Waals surface area contributed by atoms with E-state index in [0.29, 0.717) is 16.9 Å². The summed E-state index contributed by atoms with van der Waals surface area (Å²) in [4.78, 5) is 7.53. The van der Waals surface area contributed by atoms with Crippen LogP contribution in [-0.4, -0.2) is 19.7 Å². The van der Waals surface area contributed by atoms with E-state index in [1.807, 2.05) is 19.3 Å². The molecule has 0 spiro atoms. The van der Waals surface area contributed by atoms with Gasteiger partial charge in [-0.25, -0.2) is 9.37 Å². The van der Waals surface area contributed by atoms with Crippen LogP contribution in [0.3, 0.4) is 0 Å². The topological polar surface area (TPSA) is 46.5 Å². The molecule has 0 saturated heterocycles. The third-order valence-corrected chi connectivity index (χ3v) is 3.28. The fraction of sp³-hybridized carbons (Fsp3) is 0.133. The lowest BCUT2D eigenvalue weighted by atomic mass is 10.1. The predicted molar refractivity (Wildman–Crippen MR) is 80.8 cm³/mol. The quantitative estimate of drug-likeness (QED) is 0.755. The number of H-pyrrole nitrogens is 1. The maximum absolute atomic E-state index is 13.2. The Labute approximate surface area is 126 Å². The van der Waals surface area contributed by atoms with Crippen molar-refractivity contribution >= 4 is 12.2 Å². The molecule has 0 bridgehead atoms. The minimum Gasteiger partial charge on any atom is -0.343 e. The molecule has 21 heavy (non-hydrogen) atoms. The van der Waals surface area contributed by atoms with Crippen molar-refractivity contribution in [2.75, 3.05) is 0 Å². The number of aryl methyl sites for hydroxylation is 1. The summed E-state index contributed by atoms with van der Waals surface area (Å²) < 4.78 is 15.5. The molecule has 106 valence electrons. The molecule has 3 rings (SSSR count). The van der Waals surface area contributed by atoms with Gasteiger partial charge in [0.15, 0.2) is 0 Å². The van der Waals surface area contributed by atoms with E-state index in [-0.39, 0.29) is 5.82 Å². The van der Waals surface area contributed by atoms with E-state index in [2.05, 4.69) is 15.1 Å². The number of nitrogens with zero attached hydrogens (tertiary/aromatic N) is 3. The summed E-state index contributed by atoms with van der Waals surface area (Å²) in [6.45, 7) is 0. The van der Waals surface area contributed by atoms with Gasteiger partial charge in [-0.1, -0.05) is 24.4 Å². The molecule has 0 aliphatic carbocycles. The number of rotatable bonds is 3. The van der Waals surface area contributed by atoms with Crippen LogP contribution < -0.4 is 0 Å². The summed E-state index contributed by atoms with van der Waals surface area (Å²) in [5.41, 5.74) is 2.64. The minimum absolute atomic E-state index is 0.255. The van der Waals surface area contributed by atoms with Crippen molar-refractivity contribution in [3.05, 3.63) is 64.6 Å². The summed E-state index contributed by atoms with van der Waals surface area (Å²) in [6.07, 6.45) is 4.15. The van der Waals surface area contributed by atoms with E-state index in [9.17, 15) is 4.39 Å². The lowest BCUT2D eigenvalue weighted by molar-refractivity contribution is 0.626. The number of aromatic amines is 1. The highest BCUT2D eigenvalue weighted by Crippen LogP contribution is 2.17. The Balaban J connectivity index is 1.96. The summed E-state index contributed by atoms with van der Waals surface area (Å²) in [6, 6.07) is 8.25. The van der Waals surface area contributed by atoms with Crippen LogP contribution in [0.4, 0.5) is 4.39 Å². The first-order valence-corrected chi connectivity index (χ1v) is 6.85. The standard InChI is InChI=1S/C15H13FN4S/c1-20-9-11(8-17-20)13-7-15(21)19-14(18-13)6-10-3-2-4-12(16)5-10/h2-5,7-9H,6H2,1H3,(H,18,19,21). The maximum atomic E-state index is 13.2. The molecule has 6 heteroatoms. The summed E-state index contributed by atoms with van der Waals surface area (Å²) >= 11 is 5.20. The number of hydrogen-bond acceptors (Lipinski definition) is 3. The zero-order valence-corrected chi connectivity index (χ0v) is 12.2. The van der Waals surface area contributed by atoms with E-state index in [4.69, 9.17) is 12.2 Å². The maximum Gasteiger partial charge on any atom is 0.130 e. The molecule has 2 heterocycles. The molecule has 0 radical (unpaired) electrons. The Morgan fingerprint density at radius 3 is 2.90 bits per heavy atom. The molecular weight excluding hydrogens is 287 g/mol. The van der Waals surface area contributed by atoms with Gasteiger partial charge in [0.05, 0.1) is 11.9 Å². The molecule has 4 nitrogen and oxygen atoms in total. The van der Waals surface area contributed by atoms with Crippen molar-refractivity contribution in [1.82, 2.24) is 19.7 Å². The normalized spacial score (nSPS) is 10.8. The van der Waals surface area contributed by atoms with Crippen LogP contribution >= 0.6 is 12.2 Å². The largest absolute Gasteiger partial charge is 0.343 e. The number of nitrogens with one attached hydrogen (secondary N) is 1. The van der Waals surface area contributed by atoms with Crippen molar-refractivity contribution in [1.29, 1.82) is 0 Å². The highest BCUT2D eigenvalue weighted by Gasteiger charge is 2.05. The fourth-order valence-corrected chi connectivity index (χ4v) is 2.38. The van der Waals surface area contributed by atoms with E-state index in [1.165, 1.54) is 12.1 Å². The van der Waals surface area contributed by atoms with Crippen molar-refractivity contribution in [3.63, 3.8) is 0 Å². The molecule has 2 aromatic heterocycles. The summed E-state index contributed by atoms with van der Waals surface area (Å²) in [7, 11) is 1.85. The zero-order chi connectivity index (χ0) is 14.8. The highest BCUT2D eigenvalue weighted by molar-refractivity contribution is 7.71. The fourth-order valence-electron chi connectivity index (χ4n) is 2.15. The third kappa shape index (κ3) is 3.22. The van der Waals surface area contributed by atoms with Crippen LogP contribution in [0, 0.1) is 10.5 Å². The van der Waals surface area contributed by atoms with Crippen molar-refractivity contribution in [2.24, 2.45) is 7.05 Å². The van der Waals surface area contributed by atoms with Gasteiger partial charge in [-0.3, -0.25) is 4.68 Å². The Morgan fingerprint density at radius 2 is 2.19 bits per heavy atom. The molecule has 3 aromatic rings. The molecule has 0 saturated carbocycles. The first-order chi connectivity index (χ1) is 10.1. The highest BCUT2D eigenvalue weighted by atomic mass is 32.1. The zero-order valence-electron chi connectivity index (χ0n) is 11.4. The molecule has 0 aliphatic heterocycles. The second-order valence-corrected chi connectivity index (χ2v) is 5.21. The lowest BCUT2D eigenvalue weighted by Gasteiger charge is -2.05. The smallest absolute Gasteiger partial charge is 0.130 e. The lowest BCUT2D eigenvalue weighted by Crippen LogP contribution is -1.99. The van der Waals surface area contributed by atoms with Gasteiger partial charge in [0.1, 0.15) is 16.3 Å². The number of benzene rings is 1. The van der Waals surface area contributed by atoms with Crippen molar-refractivity contribution in [2.45, 2.75) is 6.42 Å². The van der Waals surface area contributed by atoms with Crippen LogP contribution in [0.2, 0.25) is 0 Å². The molecule has 0 aliphatic rings. The van der Waals surface area contributed by atoms with Crippen LogP contribution in [0.1, 0.15) is 11.4 Å². The first kappa shape index (κ1) is 13.6.